The first-order valence-corrected chi connectivity index (χ1v) is 8.72. The standard InChI is InChI=1S/C20H20O9/c1-11(21)27-9-19-13-7-5-6-8-14(13)20(29-19,10-28-12(2)22)16(18(24)26-4)15(19)17(23)25-3/h5-8H,9-10H2,1-4H3/t19-,20+. The number of carbonyl (C=O) groups is 4. The second kappa shape index (κ2) is 7.32. The molecule has 9 nitrogen and oxygen atoms in total. The van der Waals surface area contributed by atoms with Crippen LogP contribution >= 0.6 is 0 Å². The first kappa shape index (κ1) is 20.5. The summed E-state index contributed by atoms with van der Waals surface area (Å²) in [6.07, 6.45) is 0. The fourth-order valence-corrected chi connectivity index (χ4v) is 3.87. The largest absolute Gasteiger partial charge is 0.466 e. The topological polar surface area (TPSA) is 114 Å². The van der Waals surface area contributed by atoms with Gasteiger partial charge in [0, 0.05) is 13.8 Å². The Kier molecular flexibility index (Phi) is 5.18. The van der Waals surface area contributed by atoms with E-state index in [4.69, 9.17) is 23.7 Å². The van der Waals surface area contributed by atoms with Crippen LogP contribution in [0.4, 0.5) is 0 Å². The van der Waals surface area contributed by atoms with E-state index in [1.165, 1.54) is 13.8 Å². The summed E-state index contributed by atoms with van der Waals surface area (Å²) < 4.78 is 26.4. The third kappa shape index (κ3) is 2.98. The fraction of sp³-hybridized carbons (Fsp3) is 0.400. The molecule has 0 spiro atoms. The molecule has 3 rings (SSSR count). The Labute approximate surface area is 166 Å². The summed E-state index contributed by atoms with van der Waals surface area (Å²) >= 11 is 0. The lowest BCUT2D eigenvalue weighted by atomic mass is 9.72. The first-order valence-electron chi connectivity index (χ1n) is 8.72. The zero-order valence-electron chi connectivity index (χ0n) is 16.4. The van der Waals surface area contributed by atoms with E-state index < -0.39 is 35.1 Å². The van der Waals surface area contributed by atoms with Crippen molar-refractivity contribution in [1.82, 2.24) is 0 Å². The minimum absolute atomic E-state index is 0.154. The molecule has 1 aromatic rings. The highest BCUT2D eigenvalue weighted by atomic mass is 16.6. The summed E-state index contributed by atoms with van der Waals surface area (Å²) in [5, 5.41) is 0. The van der Waals surface area contributed by atoms with Crippen molar-refractivity contribution < 1.29 is 42.9 Å². The summed E-state index contributed by atoms with van der Waals surface area (Å²) in [5.74, 6) is -2.91. The van der Waals surface area contributed by atoms with Gasteiger partial charge in [0.15, 0.2) is 11.2 Å². The van der Waals surface area contributed by atoms with Crippen molar-refractivity contribution >= 4 is 23.9 Å². The molecule has 0 amide bonds. The molecule has 2 atom stereocenters. The van der Waals surface area contributed by atoms with Gasteiger partial charge in [0.05, 0.1) is 25.4 Å². The molecule has 0 saturated carbocycles. The van der Waals surface area contributed by atoms with Crippen molar-refractivity contribution in [1.29, 1.82) is 0 Å². The molecule has 2 bridgehead atoms. The molecule has 0 N–H and O–H groups in total. The van der Waals surface area contributed by atoms with Crippen LogP contribution in [-0.4, -0.2) is 51.3 Å². The Balaban J connectivity index is 2.33. The highest BCUT2D eigenvalue weighted by Gasteiger charge is 2.69. The molecule has 2 aliphatic heterocycles. The number of fused-ring (bicyclic) bond motifs is 5. The number of hydrogen-bond acceptors (Lipinski definition) is 9. The quantitative estimate of drug-likeness (QED) is 0.503. The number of methoxy groups -OCH3 is 2. The molecule has 9 heteroatoms. The van der Waals surface area contributed by atoms with E-state index in [-0.39, 0.29) is 24.4 Å². The molecule has 2 aliphatic rings. The minimum Gasteiger partial charge on any atom is -0.466 e. The Hall–Kier alpha value is -3.20. The van der Waals surface area contributed by atoms with Crippen LogP contribution in [0.3, 0.4) is 0 Å². The van der Waals surface area contributed by atoms with E-state index >= 15 is 0 Å². The maximum absolute atomic E-state index is 12.8. The van der Waals surface area contributed by atoms with Gasteiger partial charge in [-0.15, -0.1) is 0 Å². The van der Waals surface area contributed by atoms with Crippen molar-refractivity contribution in [2.45, 2.75) is 25.0 Å². The summed E-state index contributed by atoms with van der Waals surface area (Å²) in [5.41, 5.74) is -2.53. The van der Waals surface area contributed by atoms with E-state index in [1.807, 2.05) is 0 Å². The molecule has 0 radical (unpaired) electrons. The van der Waals surface area contributed by atoms with Gasteiger partial charge in [-0.1, -0.05) is 24.3 Å². The smallest absolute Gasteiger partial charge is 0.337 e. The van der Waals surface area contributed by atoms with Crippen molar-refractivity contribution in [2.24, 2.45) is 0 Å². The Morgan fingerprint density at radius 1 is 0.793 bits per heavy atom. The van der Waals surface area contributed by atoms with Gasteiger partial charge in [0.2, 0.25) is 0 Å². The second-order valence-electron chi connectivity index (χ2n) is 6.60. The lowest BCUT2D eigenvalue weighted by Gasteiger charge is -2.29. The number of ether oxygens (including phenoxy) is 5. The third-order valence-corrected chi connectivity index (χ3v) is 4.94. The number of hydrogen-bond donors (Lipinski definition) is 0. The molecule has 0 fully saturated rings. The molecule has 154 valence electrons. The number of carbonyl (C=O) groups excluding carboxylic acids is 4. The van der Waals surface area contributed by atoms with Crippen LogP contribution < -0.4 is 0 Å². The second-order valence-corrected chi connectivity index (χ2v) is 6.60. The van der Waals surface area contributed by atoms with Crippen LogP contribution in [0.15, 0.2) is 35.4 Å². The predicted octanol–water partition coefficient (Wildman–Crippen LogP) is 0.890. The van der Waals surface area contributed by atoms with Crippen LogP contribution in [0.1, 0.15) is 25.0 Å². The maximum Gasteiger partial charge on any atom is 0.337 e. The van der Waals surface area contributed by atoms with Gasteiger partial charge in [-0.05, 0) is 11.1 Å². The zero-order chi connectivity index (χ0) is 21.4. The summed E-state index contributed by atoms with van der Waals surface area (Å²) in [6.45, 7) is 1.65. The van der Waals surface area contributed by atoms with Gasteiger partial charge in [0.1, 0.15) is 13.2 Å². The van der Waals surface area contributed by atoms with Crippen LogP contribution in [-0.2, 0) is 54.1 Å². The van der Waals surface area contributed by atoms with Gasteiger partial charge in [-0.25, -0.2) is 9.59 Å². The van der Waals surface area contributed by atoms with Gasteiger partial charge in [-0.2, -0.15) is 0 Å². The lowest BCUT2D eigenvalue weighted by Crippen LogP contribution is -2.38. The van der Waals surface area contributed by atoms with E-state index in [0.29, 0.717) is 11.1 Å². The highest BCUT2D eigenvalue weighted by molar-refractivity contribution is 6.06. The van der Waals surface area contributed by atoms with Crippen LogP contribution in [0.25, 0.3) is 0 Å². The van der Waals surface area contributed by atoms with E-state index in [0.717, 1.165) is 14.2 Å². The first-order chi connectivity index (χ1) is 13.7. The van der Waals surface area contributed by atoms with Crippen molar-refractivity contribution in [3.63, 3.8) is 0 Å². The molecule has 2 heterocycles. The molecule has 0 aliphatic carbocycles. The highest BCUT2D eigenvalue weighted by Crippen LogP contribution is 2.61. The van der Waals surface area contributed by atoms with E-state index in [9.17, 15) is 19.2 Å². The molecule has 29 heavy (non-hydrogen) atoms. The maximum atomic E-state index is 12.8. The number of esters is 4. The molecule has 0 saturated heterocycles. The minimum atomic E-state index is -1.61. The number of benzene rings is 1. The molecule has 0 unspecified atom stereocenters. The average molecular weight is 404 g/mol. The molecule has 1 aromatic carbocycles. The van der Waals surface area contributed by atoms with E-state index in [1.54, 1.807) is 24.3 Å². The zero-order valence-corrected chi connectivity index (χ0v) is 16.4. The predicted molar refractivity (Wildman–Crippen MR) is 95.2 cm³/mol. The van der Waals surface area contributed by atoms with Gasteiger partial charge in [0.25, 0.3) is 0 Å². The number of rotatable bonds is 6. The van der Waals surface area contributed by atoms with Crippen molar-refractivity contribution in [3.05, 3.63) is 46.5 Å². The molecular formula is C20H20O9. The molecular weight excluding hydrogens is 384 g/mol. The Morgan fingerprint density at radius 2 is 1.17 bits per heavy atom. The van der Waals surface area contributed by atoms with Crippen LogP contribution in [0.2, 0.25) is 0 Å². The Bertz CT molecular complexity index is 859. The summed E-state index contributed by atoms with van der Waals surface area (Å²) in [7, 11) is 2.31. The van der Waals surface area contributed by atoms with E-state index in [2.05, 4.69) is 0 Å². The average Bonchev–Trinajstić information content (AvgIpc) is 3.17. The summed E-state index contributed by atoms with van der Waals surface area (Å²) in [4.78, 5) is 48.6. The van der Waals surface area contributed by atoms with Crippen LogP contribution in [0.5, 0.6) is 0 Å². The summed E-state index contributed by atoms with van der Waals surface area (Å²) in [6, 6.07) is 6.80. The van der Waals surface area contributed by atoms with Gasteiger partial charge >= 0.3 is 23.9 Å². The van der Waals surface area contributed by atoms with Crippen molar-refractivity contribution in [2.75, 3.05) is 27.4 Å². The lowest BCUT2D eigenvalue weighted by molar-refractivity contribution is -0.172. The van der Waals surface area contributed by atoms with Gasteiger partial charge in [-0.3, -0.25) is 9.59 Å². The Morgan fingerprint density at radius 3 is 1.48 bits per heavy atom. The SMILES string of the molecule is COC(=O)C1=C(C(=O)OC)[C@@]2(COC(C)=O)O[C@]1(COC(C)=O)c1ccccc12. The normalized spacial score (nSPS) is 24.0. The van der Waals surface area contributed by atoms with Crippen molar-refractivity contribution in [3.8, 4) is 0 Å². The van der Waals surface area contributed by atoms with Crippen LogP contribution in [0, 0.1) is 0 Å². The molecule has 0 aromatic heterocycles. The fourth-order valence-electron chi connectivity index (χ4n) is 3.87. The third-order valence-electron chi connectivity index (χ3n) is 4.94. The van der Waals surface area contributed by atoms with Gasteiger partial charge < -0.3 is 23.7 Å². The monoisotopic (exact) mass is 404 g/mol.